The van der Waals surface area contributed by atoms with Gasteiger partial charge in [0.05, 0.1) is 5.56 Å². The fraction of sp³-hybridized carbons (Fsp3) is 0.385. The van der Waals surface area contributed by atoms with Crippen molar-refractivity contribution in [2.45, 2.75) is 25.8 Å². The van der Waals surface area contributed by atoms with E-state index >= 15 is 0 Å². The molecule has 0 saturated carbocycles. The number of hydrogen-bond acceptors (Lipinski definition) is 2. The van der Waals surface area contributed by atoms with Gasteiger partial charge in [-0.15, -0.1) is 0 Å². The van der Waals surface area contributed by atoms with Gasteiger partial charge >= 0.3 is 12.0 Å². The lowest BCUT2D eigenvalue weighted by molar-refractivity contribution is 0.0696. The molecule has 1 aliphatic heterocycles. The van der Waals surface area contributed by atoms with E-state index in [1.54, 1.807) is 11.0 Å². The summed E-state index contributed by atoms with van der Waals surface area (Å²) < 4.78 is 0.622. The first kappa shape index (κ1) is 13.9. The van der Waals surface area contributed by atoms with Crippen molar-refractivity contribution in [2.75, 3.05) is 11.9 Å². The summed E-state index contributed by atoms with van der Waals surface area (Å²) in [6.45, 7) is 2.75. The Balaban J connectivity index is 2.14. The highest BCUT2D eigenvalue weighted by molar-refractivity contribution is 9.10. The number of nitrogens with zero attached hydrogens (tertiary/aromatic N) is 1. The Morgan fingerprint density at radius 2 is 2.16 bits per heavy atom. The second-order valence-electron chi connectivity index (χ2n) is 4.65. The fourth-order valence-electron chi connectivity index (χ4n) is 2.22. The van der Waals surface area contributed by atoms with E-state index in [9.17, 15) is 9.59 Å². The number of likely N-dealkylation sites (tertiary alicyclic amines) is 1. The van der Waals surface area contributed by atoms with Crippen LogP contribution in [-0.4, -0.2) is 34.6 Å². The number of carbonyl (C=O) groups excluding carboxylic acids is 1. The van der Waals surface area contributed by atoms with Crippen molar-refractivity contribution in [2.24, 2.45) is 0 Å². The summed E-state index contributed by atoms with van der Waals surface area (Å²) in [5, 5.41) is 11.7. The molecule has 1 heterocycles. The number of carboxylic acids is 1. The summed E-state index contributed by atoms with van der Waals surface area (Å²) in [6, 6.07) is 4.68. The molecule has 2 amide bonds. The van der Waals surface area contributed by atoms with E-state index in [2.05, 4.69) is 21.2 Å². The Morgan fingerprint density at radius 1 is 1.42 bits per heavy atom. The molecule has 1 fully saturated rings. The molecule has 1 unspecified atom stereocenters. The van der Waals surface area contributed by atoms with E-state index in [-0.39, 0.29) is 17.6 Å². The first-order valence-corrected chi connectivity index (χ1v) is 6.88. The molecule has 5 nitrogen and oxygen atoms in total. The van der Waals surface area contributed by atoms with Crippen LogP contribution < -0.4 is 5.32 Å². The minimum atomic E-state index is -1.02. The number of rotatable bonds is 2. The Bertz CT molecular complexity index is 519. The third kappa shape index (κ3) is 3.26. The van der Waals surface area contributed by atoms with Crippen LogP contribution in [-0.2, 0) is 0 Å². The van der Waals surface area contributed by atoms with Crippen LogP contribution in [0.15, 0.2) is 22.7 Å². The lowest BCUT2D eigenvalue weighted by Gasteiger charge is -2.22. The molecule has 2 N–H and O–H groups in total. The molecule has 0 radical (unpaired) electrons. The van der Waals surface area contributed by atoms with Gasteiger partial charge in [-0.2, -0.15) is 0 Å². The van der Waals surface area contributed by atoms with Gasteiger partial charge in [-0.1, -0.05) is 15.9 Å². The highest BCUT2D eigenvalue weighted by atomic mass is 79.9. The molecule has 0 aromatic heterocycles. The number of hydrogen-bond donors (Lipinski definition) is 2. The zero-order valence-electron chi connectivity index (χ0n) is 10.5. The quantitative estimate of drug-likeness (QED) is 0.877. The number of carbonyl (C=O) groups is 2. The standard InChI is InChI=1S/C13H15BrN2O3/c1-8-3-2-4-16(8)13(19)15-11-6-9(12(17)18)5-10(14)7-11/h5-8H,2-4H2,1H3,(H,15,19)(H,17,18). The summed E-state index contributed by atoms with van der Waals surface area (Å²) >= 11 is 3.24. The van der Waals surface area contributed by atoms with E-state index in [4.69, 9.17) is 5.11 Å². The number of benzene rings is 1. The number of carboxylic acid groups (broad SMARTS) is 1. The van der Waals surface area contributed by atoms with E-state index in [1.807, 2.05) is 6.92 Å². The third-order valence-corrected chi connectivity index (χ3v) is 3.67. The average Bonchev–Trinajstić information content (AvgIpc) is 2.74. The lowest BCUT2D eigenvalue weighted by atomic mass is 10.2. The van der Waals surface area contributed by atoms with E-state index in [0.29, 0.717) is 10.2 Å². The number of amides is 2. The van der Waals surface area contributed by atoms with Gasteiger partial charge in [-0.05, 0) is 38.0 Å². The number of aromatic carboxylic acids is 1. The number of nitrogens with one attached hydrogen (secondary N) is 1. The molecule has 19 heavy (non-hydrogen) atoms. The van der Waals surface area contributed by atoms with Crippen LogP contribution in [0.4, 0.5) is 10.5 Å². The van der Waals surface area contributed by atoms with Crippen LogP contribution in [0.1, 0.15) is 30.1 Å². The monoisotopic (exact) mass is 326 g/mol. The van der Waals surface area contributed by atoms with Gasteiger partial charge in [0.1, 0.15) is 0 Å². The molecule has 1 aromatic rings. The molecular formula is C13H15BrN2O3. The molecule has 1 atom stereocenters. The maximum Gasteiger partial charge on any atom is 0.335 e. The van der Waals surface area contributed by atoms with Crippen molar-refractivity contribution >= 4 is 33.6 Å². The van der Waals surface area contributed by atoms with Gasteiger partial charge in [-0.3, -0.25) is 0 Å². The van der Waals surface area contributed by atoms with Gasteiger partial charge in [0.15, 0.2) is 0 Å². The van der Waals surface area contributed by atoms with Crippen molar-refractivity contribution in [1.29, 1.82) is 0 Å². The normalized spacial score (nSPS) is 18.4. The van der Waals surface area contributed by atoms with Crippen molar-refractivity contribution in [1.82, 2.24) is 4.90 Å². The molecule has 0 spiro atoms. The van der Waals surface area contributed by atoms with Gasteiger partial charge in [0, 0.05) is 22.7 Å². The van der Waals surface area contributed by atoms with Crippen LogP contribution in [0.2, 0.25) is 0 Å². The Kier molecular flexibility index (Phi) is 4.09. The number of anilines is 1. The third-order valence-electron chi connectivity index (χ3n) is 3.21. The van der Waals surface area contributed by atoms with Crippen LogP contribution in [0.25, 0.3) is 0 Å². The summed E-state index contributed by atoms with van der Waals surface area (Å²) in [5.41, 5.74) is 0.620. The summed E-state index contributed by atoms with van der Waals surface area (Å²) in [4.78, 5) is 24.8. The van der Waals surface area contributed by atoms with E-state index in [0.717, 1.165) is 19.4 Å². The summed E-state index contributed by atoms with van der Waals surface area (Å²) in [7, 11) is 0. The number of urea groups is 1. The molecule has 0 bridgehead atoms. The highest BCUT2D eigenvalue weighted by Gasteiger charge is 2.25. The van der Waals surface area contributed by atoms with Crippen molar-refractivity contribution in [3.05, 3.63) is 28.2 Å². The highest BCUT2D eigenvalue weighted by Crippen LogP contribution is 2.22. The van der Waals surface area contributed by atoms with E-state index < -0.39 is 5.97 Å². The van der Waals surface area contributed by atoms with Crippen molar-refractivity contribution < 1.29 is 14.7 Å². The first-order valence-electron chi connectivity index (χ1n) is 6.09. The summed E-state index contributed by atoms with van der Waals surface area (Å²) in [6.07, 6.45) is 2.01. The van der Waals surface area contributed by atoms with Crippen LogP contribution in [0, 0.1) is 0 Å². The maximum absolute atomic E-state index is 12.1. The Labute approximate surface area is 119 Å². The summed E-state index contributed by atoms with van der Waals surface area (Å²) in [5.74, 6) is -1.02. The lowest BCUT2D eigenvalue weighted by Crippen LogP contribution is -2.37. The largest absolute Gasteiger partial charge is 0.478 e. The first-order chi connectivity index (χ1) is 8.97. The van der Waals surface area contributed by atoms with Gasteiger partial charge in [-0.25, -0.2) is 9.59 Å². The van der Waals surface area contributed by atoms with Crippen LogP contribution >= 0.6 is 15.9 Å². The fourth-order valence-corrected chi connectivity index (χ4v) is 2.71. The minimum Gasteiger partial charge on any atom is -0.478 e. The van der Waals surface area contributed by atoms with Gasteiger partial charge in [0.2, 0.25) is 0 Å². The molecular weight excluding hydrogens is 312 g/mol. The zero-order chi connectivity index (χ0) is 14.0. The molecule has 1 saturated heterocycles. The van der Waals surface area contributed by atoms with Crippen LogP contribution in [0.5, 0.6) is 0 Å². The van der Waals surface area contributed by atoms with Crippen molar-refractivity contribution in [3.8, 4) is 0 Å². The predicted octanol–water partition coefficient (Wildman–Crippen LogP) is 3.16. The minimum absolute atomic E-state index is 0.138. The zero-order valence-corrected chi connectivity index (χ0v) is 12.1. The molecule has 2 rings (SSSR count). The number of halogens is 1. The van der Waals surface area contributed by atoms with Gasteiger partial charge < -0.3 is 15.3 Å². The van der Waals surface area contributed by atoms with E-state index in [1.165, 1.54) is 12.1 Å². The molecule has 6 heteroatoms. The Hall–Kier alpha value is -1.56. The predicted molar refractivity (Wildman–Crippen MR) is 75.5 cm³/mol. The SMILES string of the molecule is CC1CCCN1C(=O)Nc1cc(Br)cc(C(=O)O)c1. The van der Waals surface area contributed by atoms with Gasteiger partial charge in [0.25, 0.3) is 0 Å². The van der Waals surface area contributed by atoms with Crippen molar-refractivity contribution in [3.63, 3.8) is 0 Å². The Morgan fingerprint density at radius 3 is 2.74 bits per heavy atom. The molecule has 1 aliphatic rings. The molecule has 102 valence electrons. The molecule has 1 aromatic carbocycles. The smallest absolute Gasteiger partial charge is 0.335 e. The topological polar surface area (TPSA) is 69.6 Å². The second-order valence-corrected chi connectivity index (χ2v) is 5.56. The molecule has 0 aliphatic carbocycles. The maximum atomic E-state index is 12.1. The second kappa shape index (κ2) is 5.61. The average molecular weight is 327 g/mol. The van der Waals surface area contributed by atoms with Crippen LogP contribution in [0.3, 0.4) is 0 Å².